The molecule has 1 unspecified atom stereocenters. The highest BCUT2D eigenvalue weighted by Gasteiger charge is 2.24. The van der Waals surface area contributed by atoms with Crippen LogP contribution in [-0.4, -0.2) is 59.2 Å². The molecular weight excluding hydrogens is 214 g/mol. The molecule has 0 saturated carbocycles. The minimum atomic E-state index is 0.0511. The Morgan fingerprint density at radius 2 is 2.06 bits per heavy atom. The second kappa shape index (κ2) is 6.10. The van der Waals surface area contributed by atoms with Gasteiger partial charge >= 0.3 is 0 Å². The number of rotatable bonds is 4. The summed E-state index contributed by atoms with van der Waals surface area (Å²) in [4.78, 5) is 9.11. The van der Waals surface area contributed by atoms with Crippen molar-refractivity contribution in [1.82, 2.24) is 14.8 Å². The molecular formula is C13H21N3O. The van der Waals surface area contributed by atoms with Crippen LogP contribution < -0.4 is 0 Å². The van der Waals surface area contributed by atoms with Gasteiger partial charge in [-0.25, -0.2) is 0 Å². The summed E-state index contributed by atoms with van der Waals surface area (Å²) in [6, 6.07) is 5.93. The maximum absolute atomic E-state index is 9.56. The van der Waals surface area contributed by atoms with Gasteiger partial charge in [0.15, 0.2) is 0 Å². The number of aliphatic hydroxyl groups is 1. The van der Waals surface area contributed by atoms with Crippen LogP contribution in [0.1, 0.15) is 18.7 Å². The zero-order valence-corrected chi connectivity index (χ0v) is 10.4. The second-order valence-corrected chi connectivity index (χ2v) is 4.42. The van der Waals surface area contributed by atoms with E-state index in [2.05, 4.69) is 21.7 Å². The molecule has 2 rings (SSSR count). The van der Waals surface area contributed by atoms with Crippen molar-refractivity contribution in [3.05, 3.63) is 30.1 Å². The van der Waals surface area contributed by atoms with E-state index in [9.17, 15) is 5.11 Å². The molecule has 1 N–H and O–H groups in total. The summed E-state index contributed by atoms with van der Waals surface area (Å²) in [5.74, 6) is 0. The van der Waals surface area contributed by atoms with Crippen LogP contribution in [0.4, 0.5) is 0 Å². The van der Waals surface area contributed by atoms with Crippen LogP contribution in [0.25, 0.3) is 0 Å². The van der Waals surface area contributed by atoms with Gasteiger partial charge in [0, 0.05) is 32.4 Å². The van der Waals surface area contributed by atoms with E-state index in [0.717, 1.165) is 38.4 Å². The van der Waals surface area contributed by atoms with Gasteiger partial charge in [0.05, 0.1) is 18.3 Å². The second-order valence-electron chi connectivity index (χ2n) is 4.42. The predicted octanol–water partition coefficient (Wildman–Crippen LogP) is 0.752. The summed E-state index contributed by atoms with van der Waals surface area (Å²) < 4.78 is 0. The average Bonchev–Trinajstić information content (AvgIpc) is 2.42. The van der Waals surface area contributed by atoms with E-state index in [0.29, 0.717) is 0 Å². The molecule has 1 aliphatic heterocycles. The fraction of sp³-hybridized carbons (Fsp3) is 0.615. The van der Waals surface area contributed by atoms with Gasteiger partial charge in [0.2, 0.25) is 0 Å². The van der Waals surface area contributed by atoms with E-state index in [-0.39, 0.29) is 12.6 Å². The molecule has 0 bridgehead atoms. The van der Waals surface area contributed by atoms with Gasteiger partial charge in [-0.1, -0.05) is 13.0 Å². The molecule has 1 fully saturated rings. The topological polar surface area (TPSA) is 39.6 Å². The standard InChI is InChI=1S/C13H21N3O/c1-2-15-7-9-16(10-8-15)13(11-17)12-5-3-4-6-14-12/h3-6,13,17H,2,7-11H2,1H3. The monoisotopic (exact) mass is 235 g/mol. The first kappa shape index (κ1) is 12.5. The SMILES string of the molecule is CCN1CCN(C(CO)c2ccccn2)CC1. The number of hydrogen-bond donors (Lipinski definition) is 1. The summed E-state index contributed by atoms with van der Waals surface area (Å²) in [7, 11) is 0. The van der Waals surface area contributed by atoms with Crippen molar-refractivity contribution in [3.8, 4) is 0 Å². The Hall–Kier alpha value is -0.970. The average molecular weight is 235 g/mol. The molecule has 94 valence electrons. The number of aromatic nitrogens is 1. The van der Waals surface area contributed by atoms with Gasteiger partial charge in [-0.2, -0.15) is 0 Å². The molecule has 0 aromatic carbocycles. The summed E-state index contributed by atoms with van der Waals surface area (Å²) in [6.07, 6.45) is 1.79. The van der Waals surface area contributed by atoms with Crippen LogP contribution in [0, 0.1) is 0 Å². The summed E-state index contributed by atoms with van der Waals surface area (Å²) >= 11 is 0. The quantitative estimate of drug-likeness (QED) is 0.836. The van der Waals surface area contributed by atoms with Gasteiger partial charge in [-0.15, -0.1) is 0 Å². The highest BCUT2D eigenvalue weighted by atomic mass is 16.3. The number of piperazine rings is 1. The molecule has 1 aromatic rings. The van der Waals surface area contributed by atoms with Crippen molar-refractivity contribution < 1.29 is 5.11 Å². The molecule has 1 atom stereocenters. The predicted molar refractivity (Wildman–Crippen MR) is 67.8 cm³/mol. The van der Waals surface area contributed by atoms with Crippen molar-refractivity contribution >= 4 is 0 Å². The van der Waals surface area contributed by atoms with Gasteiger partial charge in [-0.05, 0) is 18.7 Å². The van der Waals surface area contributed by atoms with Crippen molar-refractivity contribution in [2.75, 3.05) is 39.3 Å². The molecule has 0 spiro atoms. The van der Waals surface area contributed by atoms with E-state index < -0.39 is 0 Å². The molecule has 17 heavy (non-hydrogen) atoms. The largest absolute Gasteiger partial charge is 0.394 e. The molecule has 0 aliphatic carbocycles. The van der Waals surface area contributed by atoms with E-state index in [1.807, 2.05) is 18.2 Å². The highest BCUT2D eigenvalue weighted by molar-refractivity contribution is 5.09. The van der Waals surface area contributed by atoms with Crippen LogP contribution >= 0.6 is 0 Å². The van der Waals surface area contributed by atoms with Crippen LogP contribution in [0.15, 0.2) is 24.4 Å². The summed E-state index contributed by atoms with van der Waals surface area (Å²) in [6.45, 7) is 7.63. The molecule has 0 radical (unpaired) electrons. The van der Waals surface area contributed by atoms with Crippen molar-refractivity contribution in [2.45, 2.75) is 13.0 Å². The molecule has 2 heterocycles. The number of nitrogens with zero attached hydrogens (tertiary/aromatic N) is 3. The van der Waals surface area contributed by atoms with E-state index in [4.69, 9.17) is 0 Å². The van der Waals surface area contributed by atoms with Crippen LogP contribution in [0.5, 0.6) is 0 Å². The first-order chi connectivity index (χ1) is 8.35. The molecule has 1 aromatic heterocycles. The van der Waals surface area contributed by atoms with Gasteiger partial charge < -0.3 is 10.0 Å². The third-order valence-electron chi connectivity index (χ3n) is 3.50. The smallest absolute Gasteiger partial charge is 0.0755 e. The maximum atomic E-state index is 9.56. The fourth-order valence-electron chi connectivity index (χ4n) is 2.36. The Morgan fingerprint density at radius 1 is 1.29 bits per heavy atom. The lowest BCUT2D eigenvalue weighted by molar-refractivity contribution is 0.0653. The Labute approximate surface area is 103 Å². The maximum Gasteiger partial charge on any atom is 0.0755 e. The van der Waals surface area contributed by atoms with Gasteiger partial charge in [0.25, 0.3) is 0 Å². The Kier molecular flexibility index (Phi) is 4.48. The lowest BCUT2D eigenvalue weighted by Crippen LogP contribution is -2.48. The number of aliphatic hydroxyl groups excluding tert-OH is 1. The minimum Gasteiger partial charge on any atom is -0.394 e. The normalized spacial score (nSPS) is 20.4. The van der Waals surface area contributed by atoms with Crippen molar-refractivity contribution in [3.63, 3.8) is 0 Å². The summed E-state index contributed by atoms with van der Waals surface area (Å²) in [5, 5.41) is 9.56. The Bertz CT molecular complexity index is 323. The molecule has 0 amide bonds. The number of likely N-dealkylation sites (N-methyl/N-ethyl adjacent to an activating group) is 1. The lowest BCUT2D eigenvalue weighted by atomic mass is 10.1. The molecule has 4 heteroatoms. The number of hydrogen-bond acceptors (Lipinski definition) is 4. The molecule has 1 saturated heterocycles. The van der Waals surface area contributed by atoms with Crippen LogP contribution in [-0.2, 0) is 0 Å². The molecule has 4 nitrogen and oxygen atoms in total. The van der Waals surface area contributed by atoms with E-state index >= 15 is 0 Å². The first-order valence-corrected chi connectivity index (χ1v) is 6.33. The first-order valence-electron chi connectivity index (χ1n) is 6.33. The Balaban J connectivity index is 2.00. The van der Waals surface area contributed by atoms with E-state index in [1.54, 1.807) is 6.20 Å². The fourth-order valence-corrected chi connectivity index (χ4v) is 2.36. The zero-order chi connectivity index (χ0) is 12.1. The minimum absolute atomic E-state index is 0.0511. The molecule has 1 aliphatic rings. The van der Waals surface area contributed by atoms with Crippen LogP contribution in [0.3, 0.4) is 0 Å². The van der Waals surface area contributed by atoms with Crippen molar-refractivity contribution in [2.24, 2.45) is 0 Å². The van der Waals surface area contributed by atoms with Crippen molar-refractivity contribution in [1.29, 1.82) is 0 Å². The third kappa shape index (κ3) is 3.03. The zero-order valence-electron chi connectivity index (χ0n) is 10.4. The highest BCUT2D eigenvalue weighted by Crippen LogP contribution is 2.19. The van der Waals surface area contributed by atoms with Gasteiger partial charge in [-0.3, -0.25) is 9.88 Å². The lowest BCUT2D eigenvalue weighted by Gasteiger charge is -2.38. The van der Waals surface area contributed by atoms with Gasteiger partial charge in [0.1, 0.15) is 0 Å². The third-order valence-corrected chi connectivity index (χ3v) is 3.50. The van der Waals surface area contributed by atoms with E-state index in [1.165, 1.54) is 0 Å². The summed E-state index contributed by atoms with van der Waals surface area (Å²) in [5.41, 5.74) is 0.972. The number of pyridine rings is 1. The van der Waals surface area contributed by atoms with Crippen LogP contribution in [0.2, 0.25) is 0 Å². The Morgan fingerprint density at radius 3 is 2.59 bits per heavy atom.